The number of carbonyl (C=O) groups is 1. The average molecular weight is 290 g/mol. The molecular weight excluding hydrogens is 273 g/mol. The third-order valence-electron chi connectivity index (χ3n) is 2.21. The van der Waals surface area contributed by atoms with Crippen molar-refractivity contribution in [3.05, 3.63) is 22.2 Å². The standard InChI is InChI=1S/C12H17Cl2N3O/c1-7(2)17-12(18)3-4-16-11-6-9(14)8(13)5-10(11)15/h5-7,16H,3-4,15H2,1-2H3,(H,17,18). The highest BCUT2D eigenvalue weighted by molar-refractivity contribution is 6.42. The van der Waals surface area contributed by atoms with Gasteiger partial charge in [-0.15, -0.1) is 0 Å². The predicted octanol–water partition coefficient (Wildman–Crippen LogP) is 2.90. The molecule has 6 heteroatoms. The van der Waals surface area contributed by atoms with Crippen LogP contribution in [-0.2, 0) is 4.79 Å². The molecule has 100 valence electrons. The maximum Gasteiger partial charge on any atom is 0.221 e. The summed E-state index contributed by atoms with van der Waals surface area (Å²) >= 11 is 11.7. The van der Waals surface area contributed by atoms with Gasteiger partial charge in [0, 0.05) is 19.0 Å². The molecule has 0 aliphatic rings. The van der Waals surface area contributed by atoms with Crippen LogP contribution in [0.25, 0.3) is 0 Å². The topological polar surface area (TPSA) is 67.2 Å². The number of amides is 1. The molecule has 0 aliphatic carbocycles. The van der Waals surface area contributed by atoms with Crippen LogP contribution in [0, 0.1) is 0 Å². The Morgan fingerprint density at radius 1 is 1.33 bits per heavy atom. The van der Waals surface area contributed by atoms with Gasteiger partial charge >= 0.3 is 0 Å². The molecule has 18 heavy (non-hydrogen) atoms. The molecule has 1 aromatic rings. The lowest BCUT2D eigenvalue weighted by Crippen LogP contribution is -2.31. The summed E-state index contributed by atoms with van der Waals surface area (Å²) in [6.45, 7) is 4.32. The van der Waals surface area contributed by atoms with Gasteiger partial charge in [-0.25, -0.2) is 0 Å². The van der Waals surface area contributed by atoms with Crippen molar-refractivity contribution in [1.82, 2.24) is 5.32 Å². The molecular formula is C12H17Cl2N3O. The normalized spacial score (nSPS) is 10.5. The number of hydrogen-bond donors (Lipinski definition) is 3. The molecule has 0 spiro atoms. The number of carbonyl (C=O) groups excluding carboxylic acids is 1. The number of benzene rings is 1. The first-order chi connectivity index (χ1) is 8.40. The zero-order valence-electron chi connectivity index (χ0n) is 10.4. The molecule has 4 N–H and O–H groups in total. The van der Waals surface area contributed by atoms with E-state index in [9.17, 15) is 4.79 Å². The van der Waals surface area contributed by atoms with Gasteiger partial charge in [0.1, 0.15) is 0 Å². The Balaban J connectivity index is 2.49. The van der Waals surface area contributed by atoms with E-state index >= 15 is 0 Å². The summed E-state index contributed by atoms with van der Waals surface area (Å²) in [5, 5.41) is 6.71. The molecule has 1 amide bonds. The molecule has 0 aliphatic heterocycles. The number of nitrogens with one attached hydrogen (secondary N) is 2. The minimum Gasteiger partial charge on any atom is -0.397 e. The fraction of sp³-hybridized carbons (Fsp3) is 0.417. The Morgan fingerprint density at radius 3 is 2.56 bits per heavy atom. The van der Waals surface area contributed by atoms with Crippen molar-refractivity contribution in [3.63, 3.8) is 0 Å². The van der Waals surface area contributed by atoms with Gasteiger partial charge in [-0.1, -0.05) is 23.2 Å². The van der Waals surface area contributed by atoms with E-state index < -0.39 is 0 Å². The molecule has 0 atom stereocenters. The van der Waals surface area contributed by atoms with E-state index in [4.69, 9.17) is 28.9 Å². The molecule has 0 fully saturated rings. The summed E-state index contributed by atoms with van der Waals surface area (Å²) in [5.74, 6) is -0.00358. The second-order valence-electron chi connectivity index (χ2n) is 4.25. The number of anilines is 2. The van der Waals surface area contributed by atoms with Crippen molar-refractivity contribution < 1.29 is 4.79 Å². The van der Waals surface area contributed by atoms with Crippen molar-refractivity contribution in [3.8, 4) is 0 Å². The number of rotatable bonds is 5. The third kappa shape index (κ3) is 4.63. The Morgan fingerprint density at radius 2 is 1.94 bits per heavy atom. The van der Waals surface area contributed by atoms with Crippen LogP contribution >= 0.6 is 23.2 Å². The molecule has 4 nitrogen and oxygen atoms in total. The van der Waals surface area contributed by atoms with Crippen LogP contribution in [0.15, 0.2) is 12.1 Å². The molecule has 0 heterocycles. The Labute approximate surface area is 117 Å². The van der Waals surface area contributed by atoms with Gasteiger partial charge in [-0.05, 0) is 26.0 Å². The molecule has 1 rings (SSSR count). The van der Waals surface area contributed by atoms with Crippen LogP contribution in [0.5, 0.6) is 0 Å². The molecule has 0 unspecified atom stereocenters. The van der Waals surface area contributed by atoms with Gasteiger partial charge in [0.05, 0.1) is 21.4 Å². The van der Waals surface area contributed by atoms with Gasteiger partial charge in [-0.3, -0.25) is 4.79 Å². The highest BCUT2D eigenvalue weighted by Crippen LogP contribution is 2.30. The number of hydrogen-bond acceptors (Lipinski definition) is 3. The van der Waals surface area contributed by atoms with E-state index in [-0.39, 0.29) is 11.9 Å². The maximum atomic E-state index is 11.4. The minimum atomic E-state index is -0.00358. The van der Waals surface area contributed by atoms with E-state index in [1.165, 1.54) is 0 Å². The summed E-state index contributed by atoms with van der Waals surface area (Å²) in [6, 6.07) is 3.38. The molecule has 0 bridgehead atoms. The maximum absolute atomic E-state index is 11.4. The van der Waals surface area contributed by atoms with Crippen molar-refractivity contribution in [2.24, 2.45) is 0 Å². The van der Waals surface area contributed by atoms with Crippen molar-refractivity contribution in [1.29, 1.82) is 0 Å². The van der Waals surface area contributed by atoms with E-state index in [2.05, 4.69) is 10.6 Å². The Hall–Kier alpha value is -1.13. The second-order valence-corrected chi connectivity index (χ2v) is 5.07. The summed E-state index contributed by atoms with van der Waals surface area (Å²) in [6.07, 6.45) is 0.373. The van der Waals surface area contributed by atoms with E-state index in [1.807, 2.05) is 13.8 Å². The summed E-state index contributed by atoms with van der Waals surface area (Å²) in [4.78, 5) is 11.4. The first-order valence-corrected chi connectivity index (χ1v) is 6.43. The molecule has 0 saturated carbocycles. The summed E-state index contributed by atoms with van der Waals surface area (Å²) in [7, 11) is 0. The lowest BCUT2D eigenvalue weighted by atomic mass is 10.2. The molecule has 1 aromatic carbocycles. The summed E-state index contributed by atoms with van der Waals surface area (Å²) in [5.41, 5.74) is 6.97. The largest absolute Gasteiger partial charge is 0.397 e. The first-order valence-electron chi connectivity index (χ1n) is 5.68. The van der Waals surface area contributed by atoms with Crippen molar-refractivity contribution in [2.75, 3.05) is 17.6 Å². The van der Waals surface area contributed by atoms with Crippen LogP contribution in [0.3, 0.4) is 0 Å². The van der Waals surface area contributed by atoms with Crippen molar-refractivity contribution in [2.45, 2.75) is 26.3 Å². The Kier molecular flexibility index (Phi) is 5.56. The van der Waals surface area contributed by atoms with E-state index in [0.29, 0.717) is 34.4 Å². The third-order valence-corrected chi connectivity index (χ3v) is 2.93. The highest BCUT2D eigenvalue weighted by Gasteiger charge is 2.06. The van der Waals surface area contributed by atoms with Gasteiger partial charge in [0.2, 0.25) is 5.91 Å². The van der Waals surface area contributed by atoms with Crippen LogP contribution in [0.2, 0.25) is 10.0 Å². The van der Waals surface area contributed by atoms with Gasteiger partial charge in [0.15, 0.2) is 0 Å². The lowest BCUT2D eigenvalue weighted by molar-refractivity contribution is -0.121. The fourth-order valence-corrected chi connectivity index (χ4v) is 1.76. The number of halogens is 2. The van der Waals surface area contributed by atoms with Gasteiger partial charge < -0.3 is 16.4 Å². The van der Waals surface area contributed by atoms with Gasteiger partial charge in [-0.2, -0.15) is 0 Å². The lowest BCUT2D eigenvalue weighted by Gasteiger charge is -2.12. The monoisotopic (exact) mass is 289 g/mol. The van der Waals surface area contributed by atoms with E-state index in [1.54, 1.807) is 12.1 Å². The van der Waals surface area contributed by atoms with Crippen LogP contribution in [0.4, 0.5) is 11.4 Å². The predicted molar refractivity (Wildman–Crippen MR) is 77.3 cm³/mol. The fourth-order valence-electron chi connectivity index (χ4n) is 1.42. The van der Waals surface area contributed by atoms with Crippen LogP contribution in [0.1, 0.15) is 20.3 Å². The number of nitrogens with two attached hydrogens (primary N) is 1. The van der Waals surface area contributed by atoms with Crippen molar-refractivity contribution >= 4 is 40.5 Å². The van der Waals surface area contributed by atoms with Gasteiger partial charge in [0.25, 0.3) is 0 Å². The minimum absolute atomic E-state index is 0.00358. The number of nitrogen functional groups attached to an aromatic ring is 1. The van der Waals surface area contributed by atoms with E-state index in [0.717, 1.165) is 0 Å². The molecule has 0 radical (unpaired) electrons. The highest BCUT2D eigenvalue weighted by atomic mass is 35.5. The Bertz CT molecular complexity index is 436. The van der Waals surface area contributed by atoms with Crippen LogP contribution in [-0.4, -0.2) is 18.5 Å². The average Bonchev–Trinajstić information content (AvgIpc) is 2.24. The first kappa shape index (κ1) is 14.9. The summed E-state index contributed by atoms with van der Waals surface area (Å²) < 4.78 is 0. The molecule has 0 saturated heterocycles. The second kappa shape index (κ2) is 6.71. The zero-order chi connectivity index (χ0) is 13.7. The zero-order valence-corrected chi connectivity index (χ0v) is 11.9. The molecule has 0 aromatic heterocycles. The van der Waals surface area contributed by atoms with Crippen LogP contribution < -0.4 is 16.4 Å². The smallest absolute Gasteiger partial charge is 0.221 e. The quantitative estimate of drug-likeness (QED) is 0.730. The SMILES string of the molecule is CC(C)NC(=O)CCNc1cc(Cl)c(Cl)cc1N.